The molecule has 0 radical (unpaired) electrons. The van der Waals surface area contributed by atoms with Crippen LogP contribution in [-0.2, 0) is 16.0 Å². The van der Waals surface area contributed by atoms with E-state index in [-0.39, 0.29) is 23.7 Å². The lowest BCUT2D eigenvalue weighted by molar-refractivity contribution is -0.155. The first-order valence-corrected chi connectivity index (χ1v) is 9.46. The summed E-state index contributed by atoms with van der Waals surface area (Å²) >= 11 is 0. The predicted molar refractivity (Wildman–Crippen MR) is 101 cm³/mol. The molecule has 1 aromatic rings. The fourth-order valence-electron chi connectivity index (χ4n) is 4.14. The van der Waals surface area contributed by atoms with Gasteiger partial charge in [-0.15, -0.1) is 0 Å². The highest BCUT2D eigenvalue weighted by molar-refractivity contribution is 5.91. The van der Waals surface area contributed by atoms with Crippen molar-refractivity contribution in [3.8, 4) is 0 Å². The van der Waals surface area contributed by atoms with Crippen molar-refractivity contribution in [1.82, 2.24) is 5.32 Å². The van der Waals surface area contributed by atoms with Crippen LogP contribution in [0.5, 0.6) is 0 Å². The maximum absolute atomic E-state index is 12.8. The van der Waals surface area contributed by atoms with Gasteiger partial charge in [0.25, 0.3) is 5.91 Å². The first kappa shape index (κ1) is 20.4. The molecule has 0 unspecified atom stereocenters. The zero-order chi connectivity index (χ0) is 19.3. The minimum absolute atomic E-state index is 0.0268. The summed E-state index contributed by atoms with van der Waals surface area (Å²) in [6.07, 6.45) is 2.92. The second kappa shape index (κ2) is 8.67. The standard InChI is InChI=1S/C21H31NO4/c1-14(2)18-10-9-15(3)13-21(18,25)20(24)22-12-11-16-7-5-6-8-17(16)19(23)26-4/h5-8,14-15,18,25H,9-13H2,1-4H3,(H,22,24)/t15-,18+,21+/m1/s1. The van der Waals surface area contributed by atoms with Crippen LogP contribution in [0.3, 0.4) is 0 Å². The fraction of sp³-hybridized carbons (Fsp3) is 0.619. The largest absolute Gasteiger partial charge is 0.465 e. The summed E-state index contributed by atoms with van der Waals surface area (Å²) in [7, 11) is 1.35. The van der Waals surface area contributed by atoms with E-state index >= 15 is 0 Å². The molecule has 1 aromatic carbocycles. The number of ether oxygens (including phenoxy) is 1. The van der Waals surface area contributed by atoms with Crippen molar-refractivity contribution >= 4 is 11.9 Å². The van der Waals surface area contributed by atoms with E-state index in [0.29, 0.717) is 30.9 Å². The van der Waals surface area contributed by atoms with Crippen LogP contribution in [0.25, 0.3) is 0 Å². The number of amides is 1. The molecule has 0 spiro atoms. The molecule has 5 heteroatoms. The van der Waals surface area contributed by atoms with E-state index in [1.54, 1.807) is 12.1 Å². The number of aliphatic hydroxyl groups is 1. The molecular weight excluding hydrogens is 330 g/mol. The summed E-state index contributed by atoms with van der Waals surface area (Å²) in [6, 6.07) is 7.21. The van der Waals surface area contributed by atoms with Crippen LogP contribution in [0, 0.1) is 17.8 Å². The van der Waals surface area contributed by atoms with E-state index < -0.39 is 5.60 Å². The number of carbonyl (C=O) groups is 2. The highest BCUT2D eigenvalue weighted by Gasteiger charge is 2.48. The molecule has 1 saturated carbocycles. The van der Waals surface area contributed by atoms with Gasteiger partial charge in [0.2, 0.25) is 0 Å². The summed E-state index contributed by atoms with van der Waals surface area (Å²) in [6.45, 7) is 6.58. The van der Waals surface area contributed by atoms with Crippen LogP contribution < -0.4 is 5.32 Å². The van der Waals surface area contributed by atoms with E-state index in [4.69, 9.17) is 4.74 Å². The lowest BCUT2D eigenvalue weighted by Gasteiger charge is -2.43. The highest BCUT2D eigenvalue weighted by Crippen LogP contribution is 2.41. The molecule has 1 aliphatic rings. The summed E-state index contributed by atoms with van der Waals surface area (Å²) in [5.41, 5.74) is 0.0200. The third-order valence-corrected chi connectivity index (χ3v) is 5.54. The topological polar surface area (TPSA) is 75.6 Å². The summed E-state index contributed by atoms with van der Waals surface area (Å²) in [5.74, 6) is -0.120. The molecule has 5 nitrogen and oxygen atoms in total. The number of benzene rings is 1. The maximum Gasteiger partial charge on any atom is 0.338 e. The van der Waals surface area contributed by atoms with Crippen molar-refractivity contribution in [3.05, 3.63) is 35.4 Å². The predicted octanol–water partition coefficient (Wildman–Crippen LogP) is 2.96. The van der Waals surface area contributed by atoms with Gasteiger partial charge >= 0.3 is 5.97 Å². The number of nitrogens with one attached hydrogen (secondary N) is 1. The zero-order valence-corrected chi connectivity index (χ0v) is 16.2. The van der Waals surface area contributed by atoms with Crippen LogP contribution in [0.4, 0.5) is 0 Å². The first-order chi connectivity index (χ1) is 12.3. The van der Waals surface area contributed by atoms with Crippen LogP contribution in [0.15, 0.2) is 24.3 Å². The number of methoxy groups -OCH3 is 1. The fourth-order valence-corrected chi connectivity index (χ4v) is 4.14. The second-order valence-electron chi connectivity index (χ2n) is 7.82. The molecule has 144 valence electrons. The SMILES string of the molecule is COC(=O)c1ccccc1CCNC(=O)[C@]1(O)C[C@H](C)CC[C@H]1C(C)C. The zero-order valence-electron chi connectivity index (χ0n) is 16.2. The highest BCUT2D eigenvalue weighted by atomic mass is 16.5. The number of hydrogen-bond donors (Lipinski definition) is 2. The molecule has 0 saturated heterocycles. The van der Waals surface area contributed by atoms with Crippen molar-refractivity contribution < 1.29 is 19.4 Å². The van der Waals surface area contributed by atoms with Crippen molar-refractivity contribution in [3.63, 3.8) is 0 Å². The Labute approximate surface area is 156 Å². The molecule has 0 aromatic heterocycles. The average molecular weight is 361 g/mol. The summed E-state index contributed by atoms with van der Waals surface area (Å²) < 4.78 is 4.80. The molecule has 0 bridgehead atoms. The van der Waals surface area contributed by atoms with Crippen LogP contribution >= 0.6 is 0 Å². The Kier molecular flexibility index (Phi) is 6.81. The van der Waals surface area contributed by atoms with Gasteiger partial charge in [0.15, 0.2) is 0 Å². The Hall–Kier alpha value is -1.88. The second-order valence-corrected chi connectivity index (χ2v) is 7.82. The van der Waals surface area contributed by atoms with E-state index in [9.17, 15) is 14.7 Å². The van der Waals surface area contributed by atoms with Crippen molar-refractivity contribution in [1.29, 1.82) is 0 Å². The van der Waals surface area contributed by atoms with Gasteiger partial charge in [-0.2, -0.15) is 0 Å². The van der Waals surface area contributed by atoms with Crippen LogP contribution in [0.1, 0.15) is 56.0 Å². The Balaban J connectivity index is 2.03. The minimum Gasteiger partial charge on any atom is -0.465 e. The molecule has 2 rings (SSSR count). The molecule has 1 aliphatic carbocycles. The van der Waals surface area contributed by atoms with Crippen molar-refractivity contribution in [2.24, 2.45) is 17.8 Å². The molecular formula is C21H31NO4. The summed E-state index contributed by atoms with van der Waals surface area (Å²) in [4.78, 5) is 24.6. The molecule has 0 aliphatic heterocycles. The molecule has 0 heterocycles. The number of esters is 1. The third-order valence-electron chi connectivity index (χ3n) is 5.54. The van der Waals surface area contributed by atoms with Crippen molar-refractivity contribution in [2.75, 3.05) is 13.7 Å². The van der Waals surface area contributed by atoms with Gasteiger partial charge in [-0.25, -0.2) is 4.79 Å². The van der Waals surface area contributed by atoms with Gasteiger partial charge in [-0.05, 0) is 48.6 Å². The van der Waals surface area contributed by atoms with E-state index in [1.807, 2.05) is 12.1 Å². The smallest absolute Gasteiger partial charge is 0.338 e. The Bertz CT molecular complexity index is 643. The molecule has 1 fully saturated rings. The summed E-state index contributed by atoms with van der Waals surface area (Å²) in [5, 5.41) is 14.0. The molecule has 3 atom stereocenters. The van der Waals surface area contributed by atoms with E-state index in [1.165, 1.54) is 7.11 Å². The minimum atomic E-state index is -1.31. The quantitative estimate of drug-likeness (QED) is 0.764. The van der Waals surface area contributed by atoms with Gasteiger partial charge < -0.3 is 15.2 Å². The van der Waals surface area contributed by atoms with E-state index in [2.05, 4.69) is 26.1 Å². The molecule has 26 heavy (non-hydrogen) atoms. The number of hydrogen-bond acceptors (Lipinski definition) is 4. The normalized spacial score (nSPS) is 25.8. The number of rotatable bonds is 6. The Morgan fingerprint density at radius 1 is 1.31 bits per heavy atom. The van der Waals surface area contributed by atoms with Crippen LogP contribution in [0.2, 0.25) is 0 Å². The van der Waals surface area contributed by atoms with Crippen molar-refractivity contribution in [2.45, 2.75) is 52.1 Å². The molecule has 1 amide bonds. The van der Waals surface area contributed by atoms with Crippen LogP contribution in [-0.4, -0.2) is 36.2 Å². The van der Waals surface area contributed by atoms with Gasteiger partial charge in [0.1, 0.15) is 5.60 Å². The Morgan fingerprint density at radius 2 is 2.00 bits per heavy atom. The third kappa shape index (κ3) is 4.44. The van der Waals surface area contributed by atoms with Gasteiger partial charge in [0.05, 0.1) is 12.7 Å². The average Bonchev–Trinajstić information content (AvgIpc) is 2.61. The van der Waals surface area contributed by atoms with E-state index in [0.717, 1.165) is 18.4 Å². The van der Waals surface area contributed by atoms with Gasteiger partial charge in [0, 0.05) is 6.54 Å². The molecule has 2 N–H and O–H groups in total. The maximum atomic E-state index is 12.8. The lowest BCUT2D eigenvalue weighted by atomic mass is 9.66. The Morgan fingerprint density at radius 3 is 2.65 bits per heavy atom. The van der Waals surface area contributed by atoms with Gasteiger partial charge in [-0.3, -0.25) is 4.79 Å². The lowest BCUT2D eigenvalue weighted by Crippen LogP contribution is -2.56. The first-order valence-electron chi connectivity index (χ1n) is 9.46. The van der Waals surface area contributed by atoms with Gasteiger partial charge in [-0.1, -0.05) is 45.4 Å². The monoisotopic (exact) mass is 361 g/mol. The number of carbonyl (C=O) groups excluding carboxylic acids is 2.